The van der Waals surface area contributed by atoms with Crippen LogP contribution in [0.2, 0.25) is 0 Å². The van der Waals surface area contributed by atoms with Crippen LogP contribution in [0.1, 0.15) is 29.6 Å². The Morgan fingerprint density at radius 2 is 2.24 bits per heavy atom. The number of carbonyl (C=O) groups is 1. The molecule has 1 amide bonds. The highest BCUT2D eigenvalue weighted by Gasteiger charge is 2.34. The zero-order chi connectivity index (χ0) is 12.5. The van der Waals surface area contributed by atoms with Crippen LogP contribution in [0.4, 0.5) is 10.1 Å². The first kappa shape index (κ1) is 11.9. The van der Waals surface area contributed by atoms with Crippen molar-refractivity contribution in [3.8, 4) is 0 Å². The summed E-state index contributed by atoms with van der Waals surface area (Å²) in [5, 5.41) is 12.4. The summed E-state index contributed by atoms with van der Waals surface area (Å²) in [6, 6.07) is 3.63. The van der Waals surface area contributed by atoms with Gasteiger partial charge in [-0.25, -0.2) is 4.39 Å². The van der Waals surface area contributed by atoms with E-state index in [4.69, 9.17) is 5.73 Å². The maximum atomic E-state index is 12.8. The predicted molar refractivity (Wildman–Crippen MR) is 61.9 cm³/mol. The number of anilines is 1. The van der Waals surface area contributed by atoms with E-state index in [0.29, 0.717) is 12.8 Å². The Morgan fingerprint density at radius 1 is 1.53 bits per heavy atom. The van der Waals surface area contributed by atoms with Gasteiger partial charge in [0.05, 0.1) is 11.2 Å². The van der Waals surface area contributed by atoms with Gasteiger partial charge < -0.3 is 16.2 Å². The number of halogens is 1. The fourth-order valence-corrected chi connectivity index (χ4v) is 1.84. The smallest absolute Gasteiger partial charge is 0.253 e. The quantitative estimate of drug-likeness (QED) is 0.689. The Bertz CT molecular complexity index is 444. The van der Waals surface area contributed by atoms with Crippen molar-refractivity contribution in [3.63, 3.8) is 0 Å². The molecule has 0 aromatic heterocycles. The topological polar surface area (TPSA) is 75.4 Å². The average molecular weight is 238 g/mol. The molecule has 0 atom stereocenters. The second kappa shape index (κ2) is 4.33. The van der Waals surface area contributed by atoms with E-state index in [1.165, 1.54) is 12.1 Å². The third-order valence-electron chi connectivity index (χ3n) is 3.12. The van der Waals surface area contributed by atoms with Gasteiger partial charge in [-0.05, 0) is 37.5 Å². The number of hydrogen-bond acceptors (Lipinski definition) is 3. The fourth-order valence-electron chi connectivity index (χ4n) is 1.84. The van der Waals surface area contributed by atoms with Gasteiger partial charge >= 0.3 is 0 Å². The van der Waals surface area contributed by atoms with Gasteiger partial charge in [-0.1, -0.05) is 0 Å². The number of hydrogen-bond donors (Lipinski definition) is 3. The van der Waals surface area contributed by atoms with E-state index in [1.54, 1.807) is 0 Å². The summed E-state index contributed by atoms with van der Waals surface area (Å²) in [6.07, 6.45) is 2.38. The molecule has 0 aliphatic heterocycles. The maximum Gasteiger partial charge on any atom is 0.253 e. The third kappa shape index (κ3) is 2.55. The van der Waals surface area contributed by atoms with Crippen molar-refractivity contribution >= 4 is 11.6 Å². The van der Waals surface area contributed by atoms with Gasteiger partial charge in [-0.2, -0.15) is 0 Å². The van der Waals surface area contributed by atoms with Crippen LogP contribution in [0, 0.1) is 5.82 Å². The van der Waals surface area contributed by atoms with Gasteiger partial charge in [-0.15, -0.1) is 0 Å². The van der Waals surface area contributed by atoms with Crippen molar-refractivity contribution in [2.24, 2.45) is 0 Å². The molecule has 0 saturated heterocycles. The van der Waals surface area contributed by atoms with E-state index in [-0.39, 0.29) is 23.7 Å². The largest absolute Gasteiger partial charge is 0.398 e. The summed E-state index contributed by atoms with van der Waals surface area (Å²) in [5.74, 6) is -0.862. The number of benzene rings is 1. The van der Waals surface area contributed by atoms with Crippen LogP contribution >= 0.6 is 0 Å². The summed E-state index contributed by atoms with van der Waals surface area (Å²) < 4.78 is 12.8. The van der Waals surface area contributed by atoms with Gasteiger partial charge in [0.1, 0.15) is 5.82 Å². The number of amides is 1. The van der Waals surface area contributed by atoms with Gasteiger partial charge in [-0.3, -0.25) is 4.79 Å². The number of nitrogen functional groups attached to an aromatic ring is 1. The highest BCUT2D eigenvalue weighted by molar-refractivity contribution is 5.99. The van der Waals surface area contributed by atoms with E-state index in [9.17, 15) is 14.3 Å². The Hall–Kier alpha value is -1.62. The summed E-state index contributed by atoms with van der Waals surface area (Å²) in [4.78, 5) is 11.7. The maximum absolute atomic E-state index is 12.8. The van der Waals surface area contributed by atoms with Gasteiger partial charge in [0.25, 0.3) is 5.91 Å². The molecular formula is C12H15FN2O2. The monoisotopic (exact) mass is 238 g/mol. The van der Waals surface area contributed by atoms with Gasteiger partial charge in [0.15, 0.2) is 0 Å². The lowest BCUT2D eigenvalue weighted by molar-refractivity contribution is -0.0300. The molecule has 2 rings (SSSR count). The molecule has 5 heteroatoms. The Balaban J connectivity index is 1.99. The molecule has 92 valence electrons. The molecule has 1 fully saturated rings. The molecule has 17 heavy (non-hydrogen) atoms. The van der Waals surface area contributed by atoms with Crippen molar-refractivity contribution in [1.29, 1.82) is 0 Å². The van der Waals surface area contributed by atoms with Gasteiger partial charge in [0.2, 0.25) is 0 Å². The van der Waals surface area contributed by atoms with Crippen LogP contribution in [-0.2, 0) is 0 Å². The summed E-state index contributed by atoms with van der Waals surface area (Å²) in [5.41, 5.74) is 5.10. The molecule has 0 bridgehead atoms. The first-order valence-corrected chi connectivity index (χ1v) is 5.56. The predicted octanol–water partition coefficient (Wildman–Crippen LogP) is 1.05. The van der Waals surface area contributed by atoms with Crippen molar-refractivity contribution in [1.82, 2.24) is 5.32 Å². The van der Waals surface area contributed by atoms with E-state index < -0.39 is 11.4 Å². The number of aliphatic hydroxyl groups is 1. The average Bonchev–Trinajstić information content (AvgIpc) is 2.23. The van der Waals surface area contributed by atoms with Crippen LogP contribution < -0.4 is 11.1 Å². The zero-order valence-corrected chi connectivity index (χ0v) is 9.37. The van der Waals surface area contributed by atoms with Crippen LogP contribution in [0.3, 0.4) is 0 Å². The van der Waals surface area contributed by atoms with Crippen LogP contribution in [0.5, 0.6) is 0 Å². The minimum Gasteiger partial charge on any atom is -0.398 e. The van der Waals surface area contributed by atoms with E-state index in [0.717, 1.165) is 12.5 Å². The van der Waals surface area contributed by atoms with Crippen LogP contribution in [0.25, 0.3) is 0 Å². The standard InChI is InChI=1S/C12H15FN2O2/c13-8-2-3-9(10(14)6-8)11(16)15-7-12(17)4-1-5-12/h2-3,6,17H,1,4-5,7,14H2,(H,15,16). The zero-order valence-electron chi connectivity index (χ0n) is 9.37. The molecule has 0 unspecified atom stereocenters. The number of nitrogens with two attached hydrogens (primary N) is 1. The second-order valence-electron chi connectivity index (χ2n) is 4.49. The van der Waals surface area contributed by atoms with Crippen molar-refractivity contribution < 1.29 is 14.3 Å². The summed E-state index contributed by atoms with van der Waals surface area (Å²) in [6.45, 7) is 0.211. The molecule has 1 aromatic rings. The fraction of sp³-hybridized carbons (Fsp3) is 0.417. The summed E-state index contributed by atoms with van der Waals surface area (Å²) in [7, 11) is 0. The molecule has 0 heterocycles. The lowest BCUT2D eigenvalue weighted by Crippen LogP contribution is -2.47. The molecule has 1 saturated carbocycles. The van der Waals surface area contributed by atoms with E-state index in [1.807, 2.05) is 0 Å². The molecule has 0 radical (unpaired) electrons. The Labute approximate surface area is 98.6 Å². The molecule has 1 aromatic carbocycles. The van der Waals surface area contributed by atoms with Gasteiger partial charge in [0, 0.05) is 12.2 Å². The molecule has 1 aliphatic rings. The highest BCUT2D eigenvalue weighted by Crippen LogP contribution is 2.30. The number of carbonyl (C=O) groups excluding carboxylic acids is 1. The lowest BCUT2D eigenvalue weighted by Gasteiger charge is -2.36. The molecule has 0 spiro atoms. The minimum atomic E-state index is -0.773. The Kier molecular flexibility index (Phi) is 3.02. The number of rotatable bonds is 3. The normalized spacial score (nSPS) is 17.3. The first-order valence-electron chi connectivity index (χ1n) is 5.56. The molecular weight excluding hydrogens is 223 g/mol. The molecule has 4 N–H and O–H groups in total. The molecule has 1 aliphatic carbocycles. The molecule has 4 nitrogen and oxygen atoms in total. The number of nitrogens with one attached hydrogen (secondary N) is 1. The summed E-state index contributed by atoms with van der Waals surface area (Å²) >= 11 is 0. The van der Waals surface area contributed by atoms with E-state index >= 15 is 0 Å². The Morgan fingerprint density at radius 3 is 2.76 bits per heavy atom. The SMILES string of the molecule is Nc1cc(F)ccc1C(=O)NCC1(O)CCC1. The van der Waals surface area contributed by atoms with Crippen molar-refractivity contribution in [2.75, 3.05) is 12.3 Å². The van der Waals surface area contributed by atoms with Crippen molar-refractivity contribution in [3.05, 3.63) is 29.6 Å². The second-order valence-corrected chi connectivity index (χ2v) is 4.49. The van der Waals surface area contributed by atoms with Crippen LogP contribution in [0.15, 0.2) is 18.2 Å². The minimum absolute atomic E-state index is 0.100. The lowest BCUT2D eigenvalue weighted by atomic mass is 9.80. The van der Waals surface area contributed by atoms with Crippen LogP contribution in [-0.4, -0.2) is 23.2 Å². The van der Waals surface area contributed by atoms with Crippen molar-refractivity contribution in [2.45, 2.75) is 24.9 Å². The highest BCUT2D eigenvalue weighted by atomic mass is 19.1. The third-order valence-corrected chi connectivity index (χ3v) is 3.12. The van der Waals surface area contributed by atoms with E-state index in [2.05, 4.69) is 5.32 Å². The first-order chi connectivity index (χ1) is 8.00.